The predicted molar refractivity (Wildman–Crippen MR) is 66.1 cm³/mol. The molecule has 0 fully saturated rings. The quantitative estimate of drug-likeness (QED) is 0.530. The molecule has 1 heteroatoms. The van der Waals surface area contributed by atoms with Crippen LogP contribution >= 0.6 is 0 Å². The first-order valence-electron chi connectivity index (χ1n) is 4.93. The lowest BCUT2D eigenvalue weighted by molar-refractivity contribution is 0.966. The van der Waals surface area contributed by atoms with Gasteiger partial charge in [0.05, 0.1) is 0 Å². The van der Waals surface area contributed by atoms with Crippen LogP contribution in [0.4, 0.5) is 0 Å². The highest BCUT2D eigenvalue weighted by Gasteiger charge is 1.90. The van der Waals surface area contributed by atoms with Crippen LogP contribution in [0.3, 0.4) is 0 Å². The Hall–Kier alpha value is -1.94. The molecule has 0 saturated carbocycles. The second-order valence-corrected chi connectivity index (χ2v) is 3.06. The highest BCUT2D eigenvalue weighted by molar-refractivity contribution is 5.47. The zero-order valence-corrected chi connectivity index (χ0v) is 8.96. The Balaban J connectivity index is 2.54. The minimum absolute atomic E-state index is 0.820. The molecule has 0 amide bonds. The maximum absolute atomic E-state index is 3.85. The largest absolute Gasteiger partial charge is 0.387 e. The molecule has 0 aromatic carbocycles. The number of nitrogens with one attached hydrogen (secondary N) is 1. The van der Waals surface area contributed by atoms with Gasteiger partial charge in [-0.05, 0) is 31.4 Å². The van der Waals surface area contributed by atoms with E-state index in [2.05, 4.69) is 29.8 Å². The molecular weight excluding hydrogens is 182 g/mol. The summed E-state index contributed by atoms with van der Waals surface area (Å²) in [6.45, 7) is 6.67. The first kappa shape index (κ1) is 11.1. The van der Waals surface area contributed by atoms with Gasteiger partial charge in [-0.15, -0.1) is 0 Å². The summed E-state index contributed by atoms with van der Waals surface area (Å²) in [5.41, 5.74) is 1.86. The lowest BCUT2D eigenvalue weighted by atomic mass is 10.2. The van der Waals surface area contributed by atoms with Crippen LogP contribution in [0.2, 0.25) is 0 Å². The van der Waals surface area contributed by atoms with Gasteiger partial charge < -0.3 is 5.32 Å². The number of allylic oxidation sites excluding steroid dienone is 7. The Labute approximate surface area is 91.6 Å². The lowest BCUT2D eigenvalue weighted by Crippen LogP contribution is -2.07. The first-order valence-corrected chi connectivity index (χ1v) is 4.93. The molecular formula is C14H15N. The summed E-state index contributed by atoms with van der Waals surface area (Å²) in [5, 5.41) is 3.07. The van der Waals surface area contributed by atoms with Crippen molar-refractivity contribution in [1.29, 1.82) is 0 Å². The van der Waals surface area contributed by atoms with Crippen LogP contribution in [0, 0.1) is 11.8 Å². The van der Waals surface area contributed by atoms with Gasteiger partial charge in [0.1, 0.15) is 0 Å². The second-order valence-electron chi connectivity index (χ2n) is 3.06. The maximum Gasteiger partial charge on any atom is 0.0340 e. The smallest absolute Gasteiger partial charge is 0.0340 e. The third-order valence-corrected chi connectivity index (χ3v) is 1.79. The summed E-state index contributed by atoms with van der Waals surface area (Å²) in [7, 11) is 0. The van der Waals surface area contributed by atoms with E-state index >= 15 is 0 Å². The molecule has 0 atom stereocenters. The Morgan fingerprint density at radius 1 is 1.53 bits per heavy atom. The van der Waals surface area contributed by atoms with Crippen molar-refractivity contribution < 1.29 is 0 Å². The van der Waals surface area contributed by atoms with E-state index in [9.17, 15) is 0 Å². The molecule has 0 bridgehead atoms. The molecule has 1 heterocycles. The van der Waals surface area contributed by atoms with Crippen molar-refractivity contribution in [2.75, 3.05) is 6.54 Å². The third kappa shape index (κ3) is 4.73. The van der Waals surface area contributed by atoms with Crippen LogP contribution in [-0.4, -0.2) is 6.54 Å². The molecule has 0 radical (unpaired) electrons. The lowest BCUT2D eigenvalue weighted by Gasteiger charge is -2.00. The summed E-state index contributed by atoms with van der Waals surface area (Å²) in [6.07, 6.45) is 13.7. The number of rotatable bonds is 2. The van der Waals surface area contributed by atoms with Crippen LogP contribution in [0.15, 0.2) is 60.4 Å². The van der Waals surface area contributed by atoms with Gasteiger partial charge in [0.15, 0.2) is 0 Å². The van der Waals surface area contributed by atoms with Crippen LogP contribution in [0.25, 0.3) is 0 Å². The van der Waals surface area contributed by atoms with Gasteiger partial charge in [-0.1, -0.05) is 36.6 Å². The van der Waals surface area contributed by atoms with Crippen molar-refractivity contribution >= 4 is 0 Å². The minimum Gasteiger partial charge on any atom is -0.387 e. The molecule has 0 unspecified atom stereocenters. The zero-order chi connectivity index (χ0) is 10.9. The van der Waals surface area contributed by atoms with Crippen LogP contribution < -0.4 is 5.32 Å². The normalized spacial score (nSPS) is 14.6. The summed E-state index contributed by atoms with van der Waals surface area (Å²) in [4.78, 5) is 0. The van der Waals surface area contributed by atoms with E-state index in [0.717, 1.165) is 17.7 Å². The fourth-order valence-electron chi connectivity index (χ4n) is 1.02. The van der Waals surface area contributed by atoms with Gasteiger partial charge >= 0.3 is 0 Å². The first-order chi connectivity index (χ1) is 7.33. The van der Waals surface area contributed by atoms with Gasteiger partial charge in [0.2, 0.25) is 0 Å². The molecule has 1 N–H and O–H groups in total. The van der Waals surface area contributed by atoms with Crippen molar-refractivity contribution in [2.24, 2.45) is 0 Å². The molecule has 0 aromatic rings. The summed E-state index contributed by atoms with van der Waals surface area (Å²) >= 11 is 0. The average Bonchev–Trinajstić information content (AvgIpc) is 2.28. The molecule has 1 aliphatic rings. The summed E-state index contributed by atoms with van der Waals surface area (Å²) < 4.78 is 0. The Morgan fingerprint density at radius 2 is 2.40 bits per heavy atom. The highest BCUT2D eigenvalue weighted by Crippen LogP contribution is 1.99. The van der Waals surface area contributed by atoms with Gasteiger partial charge in [0, 0.05) is 17.7 Å². The van der Waals surface area contributed by atoms with Crippen LogP contribution in [-0.2, 0) is 0 Å². The minimum atomic E-state index is 0.820. The highest BCUT2D eigenvalue weighted by atomic mass is 14.8. The number of hydrogen-bond acceptors (Lipinski definition) is 1. The van der Waals surface area contributed by atoms with Crippen molar-refractivity contribution in [3.63, 3.8) is 0 Å². The SMILES string of the molecule is C=C(C#CC1=CCNC=C1)/C=C\C=C/C. The molecule has 1 nitrogen and oxygen atoms in total. The van der Waals surface area contributed by atoms with E-state index in [-0.39, 0.29) is 0 Å². The molecule has 1 rings (SSSR count). The van der Waals surface area contributed by atoms with Crippen molar-refractivity contribution in [2.45, 2.75) is 6.92 Å². The van der Waals surface area contributed by atoms with E-state index in [0.29, 0.717) is 0 Å². The van der Waals surface area contributed by atoms with E-state index in [1.807, 2.05) is 43.5 Å². The van der Waals surface area contributed by atoms with Crippen LogP contribution in [0.5, 0.6) is 0 Å². The predicted octanol–water partition coefficient (Wildman–Crippen LogP) is 2.72. The molecule has 76 valence electrons. The standard InChI is InChI=1S/C14H15N/c1-3-4-5-6-13(2)7-8-14-9-11-15-12-10-14/h3-6,9-11,15H,2,12H2,1H3/b4-3-,6-5-. The van der Waals surface area contributed by atoms with Crippen molar-refractivity contribution in [1.82, 2.24) is 5.32 Å². The Bertz CT molecular complexity index is 395. The molecule has 0 aromatic heterocycles. The number of hydrogen-bond donors (Lipinski definition) is 1. The van der Waals surface area contributed by atoms with E-state index < -0.39 is 0 Å². The van der Waals surface area contributed by atoms with Gasteiger partial charge in [-0.2, -0.15) is 0 Å². The fourth-order valence-corrected chi connectivity index (χ4v) is 1.02. The van der Waals surface area contributed by atoms with Crippen molar-refractivity contribution in [3.8, 4) is 11.8 Å². The topological polar surface area (TPSA) is 12.0 Å². The van der Waals surface area contributed by atoms with Gasteiger partial charge in [0.25, 0.3) is 0 Å². The molecule has 1 aliphatic heterocycles. The van der Waals surface area contributed by atoms with E-state index in [1.165, 1.54) is 0 Å². The van der Waals surface area contributed by atoms with E-state index in [1.54, 1.807) is 0 Å². The van der Waals surface area contributed by atoms with Gasteiger partial charge in [-0.3, -0.25) is 0 Å². The Morgan fingerprint density at radius 3 is 3.07 bits per heavy atom. The number of dihydropyridines is 1. The zero-order valence-electron chi connectivity index (χ0n) is 8.96. The molecule has 0 saturated heterocycles. The third-order valence-electron chi connectivity index (χ3n) is 1.79. The van der Waals surface area contributed by atoms with Crippen molar-refractivity contribution in [3.05, 3.63) is 60.4 Å². The summed E-state index contributed by atoms with van der Waals surface area (Å²) in [6, 6.07) is 0. The molecule has 15 heavy (non-hydrogen) atoms. The average molecular weight is 197 g/mol. The van der Waals surface area contributed by atoms with E-state index in [4.69, 9.17) is 0 Å². The fraction of sp³-hybridized carbons (Fsp3) is 0.143. The van der Waals surface area contributed by atoms with Crippen LogP contribution in [0.1, 0.15) is 6.92 Å². The maximum atomic E-state index is 3.85. The Kier molecular flexibility index (Phi) is 4.83. The second kappa shape index (κ2) is 6.50. The van der Waals surface area contributed by atoms with Gasteiger partial charge in [-0.25, -0.2) is 0 Å². The summed E-state index contributed by atoms with van der Waals surface area (Å²) in [5.74, 6) is 6.06. The molecule has 0 aliphatic carbocycles. The monoisotopic (exact) mass is 197 g/mol. The molecule has 0 spiro atoms.